The number of likely N-dealkylation sites (tertiary alicyclic amines) is 1. The topological polar surface area (TPSA) is 102 Å². The predicted octanol–water partition coefficient (Wildman–Crippen LogP) is 14.1. The van der Waals surface area contributed by atoms with Crippen LogP contribution in [-0.4, -0.2) is 92.1 Å². The molecule has 9 heteroatoms. The Labute approximate surface area is 389 Å². The van der Waals surface area contributed by atoms with Crippen LogP contribution < -0.4 is 0 Å². The molecule has 1 heterocycles. The van der Waals surface area contributed by atoms with E-state index in [1.807, 2.05) is 19.0 Å². The number of ketones is 1. The van der Waals surface area contributed by atoms with Gasteiger partial charge in [-0.05, 0) is 91.3 Å². The van der Waals surface area contributed by atoms with Crippen molar-refractivity contribution in [1.29, 1.82) is 0 Å². The molecule has 1 aliphatic heterocycles. The average molecular weight is 891 g/mol. The number of rotatable bonds is 45. The molecule has 1 aliphatic rings. The van der Waals surface area contributed by atoms with E-state index in [-0.39, 0.29) is 36.2 Å². The summed E-state index contributed by atoms with van der Waals surface area (Å²) in [5.41, 5.74) is 0. The van der Waals surface area contributed by atoms with Crippen molar-refractivity contribution in [2.24, 2.45) is 0 Å². The highest BCUT2D eigenvalue weighted by Gasteiger charge is 2.35. The van der Waals surface area contributed by atoms with E-state index in [0.29, 0.717) is 64.0 Å². The van der Waals surface area contributed by atoms with Gasteiger partial charge >= 0.3 is 17.9 Å². The fraction of sp³-hybridized carbons (Fsp3) is 0.926. The van der Waals surface area contributed by atoms with E-state index in [1.54, 1.807) is 0 Å². The molecule has 1 saturated heterocycles. The van der Waals surface area contributed by atoms with Gasteiger partial charge in [-0.1, -0.05) is 168 Å². The Morgan fingerprint density at radius 3 is 1.51 bits per heavy atom. The van der Waals surface area contributed by atoms with Gasteiger partial charge in [0.05, 0.1) is 13.0 Å². The fourth-order valence-corrected chi connectivity index (χ4v) is 8.91. The second-order valence-electron chi connectivity index (χ2n) is 19.4. The quantitative estimate of drug-likeness (QED) is 0.0336. The summed E-state index contributed by atoms with van der Waals surface area (Å²) < 4.78 is 17.7. The third-order valence-corrected chi connectivity index (χ3v) is 13.0. The van der Waals surface area contributed by atoms with Crippen molar-refractivity contribution in [3.63, 3.8) is 0 Å². The lowest BCUT2D eigenvalue weighted by Gasteiger charge is -2.38. The van der Waals surface area contributed by atoms with Crippen LogP contribution in [0.25, 0.3) is 0 Å². The van der Waals surface area contributed by atoms with E-state index in [0.717, 1.165) is 96.4 Å². The molecular weight excluding hydrogens is 789 g/mol. The van der Waals surface area contributed by atoms with Crippen LogP contribution in [0.3, 0.4) is 0 Å². The number of hydrogen-bond acceptors (Lipinski definition) is 9. The third-order valence-electron chi connectivity index (χ3n) is 13.0. The van der Waals surface area contributed by atoms with Gasteiger partial charge in [0.15, 0.2) is 0 Å². The number of unbranched alkanes of at least 4 members (excludes halogenated alkanes) is 25. The number of hydrogen-bond donors (Lipinski definition) is 0. The molecule has 63 heavy (non-hydrogen) atoms. The zero-order valence-electron chi connectivity index (χ0n) is 42.2. The molecule has 0 aromatic heterocycles. The first-order chi connectivity index (χ1) is 30.7. The summed E-state index contributed by atoms with van der Waals surface area (Å²) in [7, 11) is 3.89. The summed E-state index contributed by atoms with van der Waals surface area (Å²) in [6.07, 6.45) is 40.4. The molecule has 9 nitrogen and oxygen atoms in total. The van der Waals surface area contributed by atoms with Crippen molar-refractivity contribution < 1.29 is 33.4 Å². The second kappa shape index (κ2) is 42.6. The number of piperidine rings is 1. The van der Waals surface area contributed by atoms with E-state index in [9.17, 15) is 19.2 Å². The lowest BCUT2D eigenvalue weighted by molar-refractivity contribution is -0.159. The molecule has 0 radical (unpaired) electrons. The smallest absolute Gasteiger partial charge is 0.323 e. The highest BCUT2D eigenvalue weighted by Crippen LogP contribution is 2.23. The van der Waals surface area contributed by atoms with Crippen molar-refractivity contribution in [2.45, 2.75) is 283 Å². The Balaban J connectivity index is 2.41. The van der Waals surface area contributed by atoms with Crippen molar-refractivity contribution in [3.8, 4) is 0 Å². The summed E-state index contributed by atoms with van der Waals surface area (Å²) in [4.78, 5) is 55.5. The van der Waals surface area contributed by atoms with E-state index in [4.69, 9.17) is 14.2 Å². The zero-order chi connectivity index (χ0) is 46.0. The molecule has 0 spiro atoms. The Bertz CT molecular complexity index is 1080. The van der Waals surface area contributed by atoms with Gasteiger partial charge in [0.1, 0.15) is 24.0 Å². The van der Waals surface area contributed by atoms with Crippen LogP contribution in [0.15, 0.2) is 0 Å². The van der Waals surface area contributed by atoms with Gasteiger partial charge < -0.3 is 19.1 Å². The molecule has 1 rings (SSSR count). The van der Waals surface area contributed by atoms with E-state index >= 15 is 0 Å². The summed E-state index contributed by atoms with van der Waals surface area (Å²) in [6.45, 7) is 9.06. The van der Waals surface area contributed by atoms with Crippen LogP contribution in [0.4, 0.5) is 0 Å². The van der Waals surface area contributed by atoms with Gasteiger partial charge in [-0.2, -0.15) is 0 Å². The molecule has 0 amide bonds. The molecule has 0 saturated carbocycles. The van der Waals surface area contributed by atoms with Crippen molar-refractivity contribution in [3.05, 3.63) is 0 Å². The Morgan fingerprint density at radius 2 is 0.984 bits per heavy atom. The first-order valence-corrected chi connectivity index (χ1v) is 27.2. The maximum atomic E-state index is 13.4. The molecule has 0 unspecified atom stereocenters. The van der Waals surface area contributed by atoms with Gasteiger partial charge in [0, 0.05) is 32.4 Å². The SMILES string of the molecule is CCCCCCCCCCCCC(=O)CCCCCN1C[C@@H](OC(=O)CCN(C)C)CC[C@H]1C(=O)OCCCCCCCC(=O)OC(CCCCCCCC)CCCCCCCC. The maximum absolute atomic E-state index is 13.4. The summed E-state index contributed by atoms with van der Waals surface area (Å²) in [6, 6.07) is -0.336. The predicted molar refractivity (Wildman–Crippen MR) is 262 cm³/mol. The van der Waals surface area contributed by atoms with Gasteiger partial charge in [-0.15, -0.1) is 0 Å². The largest absolute Gasteiger partial charge is 0.465 e. The van der Waals surface area contributed by atoms with E-state index in [1.165, 1.54) is 116 Å². The van der Waals surface area contributed by atoms with Crippen LogP contribution in [0.5, 0.6) is 0 Å². The van der Waals surface area contributed by atoms with Crippen molar-refractivity contribution in [1.82, 2.24) is 9.80 Å². The highest BCUT2D eigenvalue weighted by molar-refractivity contribution is 5.78. The third kappa shape index (κ3) is 35.9. The lowest BCUT2D eigenvalue weighted by atomic mass is 9.99. The number of Topliss-reactive ketones (excluding diaryl/α,β-unsaturated/α-hetero) is 1. The minimum atomic E-state index is -0.336. The molecule has 370 valence electrons. The summed E-state index contributed by atoms with van der Waals surface area (Å²) in [5.74, 6) is -0.0361. The molecule has 0 N–H and O–H groups in total. The summed E-state index contributed by atoms with van der Waals surface area (Å²) >= 11 is 0. The number of nitrogens with zero attached hydrogens (tertiary/aromatic N) is 2. The van der Waals surface area contributed by atoms with Crippen molar-refractivity contribution >= 4 is 23.7 Å². The van der Waals surface area contributed by atoms with Gasteiger partial charge in [0.25, 0.3) is 0 Å². The van der Waals surface area contributed by atoms with Gasteiger partial charge in [-0.3, -0.25) is 24.1 Å². The monoisotopic (exact) mass is 891 g/mol. The standard InChI is InChI=1S/C54H102N2O7/c1-6-9-12-15-18-19-20-21-23-29-36-48(57)37-30-28-34-44-56-47-50(63-53(59)43-45-55(4)5)41-42-51(56)54(60)61-46-35-27-22-26-33-40-52(58)62-49(38-31-24-16-13-10-7-2)39-32-25-17-14-11-8-3/h49-51H,6-47H2,1-5H3/t50-,51-/m0/s1. The molecule has 0 bridgehead atoms. The molecule has 0 aromatic rings. The van der Waals surface area contributed by atoms with E-state index < -0.39 is 0 Å². The number of ether oxygens (including phenoxy) is 3. The van der Waals surface area contributed by atoms with Gasteiger partial charge in [-0.25, -0.2) is 0 Å². The first kappa shape index (κ1) is 59.0. The molecule has 0 aliphatic carbocycles. The Hall–Kier alpha value is -2.00. The van der Waals surface area contributed by atoms with Gasteiger partial charge in [0.2, 0.25) is 0 Å². The minimum Gasteiger partial charge on any atom is -0.465 e. The van der Waals surface area contributed by atoms with Crippen LogP contribution in [0, 0.1) is 0 Å². The van der Waals surface area contributed by atoms with E-state index in [2.05, 4.69) is 25.7 Å². The number of carbonyl (C=O) groups is 4. The zero-order valence-corrected chi connectivity index (χ0v) is 42.2. The Morgan fingerprint density at radius 1 is 0.524 bits per heavy atom. The minimum absolute atomic E-state index is 0.0402. The van der Waals surface area contributed by atoms with Crippen LogP contribution in [0.1, 0.15) is 265 Å². The molecule has 1 fully saturated rings. The molecule has 2 atom stereocenters. The highest BCUT2D eigenvalue weighted by atomic mass is 16.6. The lowest BCUT2D eigenvalue weighted by Crippen LogP contribution is -2.51. The molecule has 0 aromatic carbocycles. The normalized spacial score (nSPS) is 15.6. The first-order valence-electron chi connectivity index (χ1n) is 27.2. The maximum Gasteiger partial charge on any atom is 0.323 e. The van der Waals surface area contributed by atoms with Crippen LogP contribution >= 0.6 is 0 Å². The number of carbonyl (C=O) groups excluding carboxylic acids is 4. The van der Waals surface area contributed by atoms with Crippen molar-refractivity contribution in [2.75, 3.05) is 40.3 Å². The second-order valence-corrected chi connectivity index (χ2v) is 19.4. The Kier molecular flexibility index (Phi) is 39.9. The number of esters is 3. The average Bonchev–Trinajstić information content (AvgIpc) is 3.26. The fourth-order valence-electron chi connectivity index (χ4n) is 8.91. The van der Waals surface area contributed by atoms with Crippen LogP contribution in [-0.2, 0) is 33.4 Å². The van der Waals surface area contributed by atoms with Crippen LogP contribution in [0.2, 0.25) is 0 Å². The molecular formula is C54H102N2O7. The summed E-state index contributed by atoms with van der Waals surface area (Å²) in [5, 5.41) is 0.